The van der Waals surface area contributed by atoms with E-state index >= 15 is 0 Å². The van der Waals surface area contributed by atoms with Crippen LogP contribution in [-0.4, -0.2) is 22.6 Å². The Morgan fingerprint density at radius 2 is 2.04 bits per heavy atom. The number of nitrogens with one attached hydrogen (secondary N) is 1. The maximum Gasteiger partial charge on any atom is 0.280 e. The van der Waals surface area contributed by atoms with Crippen LogP contribution >= 0.6 is 11.6 Å². The fraction of sp³-hybridized carbons (Fsp3) is 0.176. The minimum atomic E-state index is -0.674. The number of aliphatic imine (C=N–C) groups is 1. The van der Waals surface area contributed by atoms with Gasteiger partial charge in [0.1, 0.15) is 5.82 Å². The summed E-state index contributed by atoms with van der Waals surface area (Å²) in [5.41, 5.74) is 10.7. The molecule has 0 saturated carbocycles. The standard InChI is InChI=1S/C17H17ClFN5O/c1-8(2)5-12(18)14(20)15-11-6-9(16(25)24-17(21)22)3-4-10(11)13(19)7-23-15/h3-8,20H,1-2H3,(H4,21,22,24,25)/b12-5+,20-14?. The average molecular weight is 362 g/mol. The van der Waals surface area contributed by atoms with Gasteiger partial charge in [0.15, 0.2) is 5.96 Å². The second-order valence-electron chi connectivity index (χ2n) is 5.69. The molecule has 1 aromatic heterocycles. The van der Waals surface area contributed by atoms with Gasteiger partial charge in [-0.3, -0.25) is 15.2 Å². The molecule has 8 heteroatoms. The molecule has 0 radical (unpaired) electrons. The van der Waals surface area contributed by atoms with Gasteiger partial charge >= 0.3 is 0 Å². The van der Waals surface area contributed by atoms with E-state index in [0.717, 1.165) is 6.20 Å². The van der Waals surface area contributed by atoms with Crippen LogP contribution in [0.25, 0.3) is 10.8 Å². The van der Waals surface area contributed by atoms with Gasteiger partial charge in [0, 0.05) is 16.3 Å². The van der Waals surface area contributed by atoms with E-state index in [1.807, 2.05) is 13.8 Å². The zero-order valence-corrected chi connectivity index (χ0v) is 14.4. The van der Waals surface area contributed by atoms with Crippen molar-refractivity contribution in [3.05, 3.63) is 52.6 Å². The molecule has 0 bridgehead atoms. The number of hydrogen-bond donors (Lipinski definition) is 3. The van der Waals surface area contributed by atoms with E-state index in [1.54, 1.807) is 6.08 Å². The predicted octanol–water partition coefficient (Wildman–Crippen LogP) is 2.93. The highest BCUT2D eigenvalue weighted by molar-refractivity contribution is 6.46. The van der Waals surface area contributed by atoms with Crippen LogP contribution < -0.4 is 11.5 Å². The monoisotopic (exact) mass is 361 g/mol. The maximum atomic E-state index is 14.1. The number of fused-ring (bicyclic) bond motifs is 1. The third kappa shape index (κ3) is 4.19. The van der Waals surface area contributed by atoms with Crippen molar-refractivity contribution in [3.63, 3.8) is 0 Å². The maximum absolute atomic E-state index is 14.1. The van der Waals surface area contributed by atoms with E-state index in [2.05, 4.69) is 9.98 Å². The quantitative estimate of drug-likeness (QED) is 0.573. The van der Waals surface area contributed by atoms with Gasteiger partial charge in [0.25, 0.3) is 5.91 Å². The number of allylic oxidation sites excluding steroid dienone is 2. The molecule has 0 saturated heterocycles. The Bertz CT molecular complexity index is 917. The molecule has 25 heavy (non-hydrogen) atoms. The molecular weight excluding hydrogens is 345 g/mol. The predicted molar refractivity (Wildman–Crippen MR) is 97.4 cm³/mol. The lowest BCUT2D eigenvalue weighted by Gasteiger charge is -2.09. The van der Waals surface area contributed by atoms with E-state index in [4.69, 9.17) is 28.5 Å². The summed E-state index contributed by atoms with van der Waals surface area (Å²) in [7, 11) is 0. The minimum Gasteiger partial charge on any atom is -0.370 e. The Kier molecular flexibility index (Phi) is 5.48. The molecule has 0 fully saturated rings. The SMILES string of the molecule is CC(C)/C=C(/Cl)C(=N)c1ncc(F)c2ccc(C(=O)N=C(N)N)cc12. The highest BCUT2D eigenvalue weighted by Gasteiger charge is 2.16. The Balaban J connectivity index is 2.65. The topological polar surface area (TPSA) is 118 Å². The molecular formula is C17H17ClFN5O. The summed E-state index contributed by atoms with van der Waals surface area (Å²) in [4.78, 5) is 19.4. The van der Waals surface area contributed by atoms with E-state index in [1.165, 1.54) is 18.2 Å². The summed E-state index contributed by atoms with van der Waals surface area (Å²) in [6.45, 7) is 3.83. The summed E-state index contributed by atoms with van der Waals surface area (Å²) in [6.07, 6.45) is 2.71. The highest BCUT2D eigenvalue weighted by atomic mass is 35.5. The number of halogens is 2. The molecule has 5 N–H and O–H groups in total. The number of nitrogens with zero attached hydrogens (tertiary/aromatic N) is 2. The van der Waals surface area contributed by atoms with Crippen LogP contribution in [0.4, 0.5) is 4.39 Å². The first-order valence-electron chi connectivity index (χ1n) is 7.39. The van der Waals surface area contributed by atoms with Crippen LogP contribution in [0.2, 0.25) is 0 Å². The fourth-order valence-corrected chi connectivity index (χ4v) is 2.55. The van der Waals surface area contributed by atoms with E-state index in [-0.39, 0.29) is 44.7 Å². The molecule has 1 heterocycles. The molecule has 0 aliphatic carbocycles. The van der Waals surface area contributed by atoms with Gasteiger partial charge in [-0.15, -0.1) is 0 Å². The summed E-state index contributed by atoms with van der Waals surface area (Å²) >= 11 is 6.15. The smallest absolute Gasteiger partial charge is 0.280 e. The lowest BCUT2D eigenvalue weighted by atomic mass is 10.0. The summed E-state index contributed by atoms with van der Waals surface area (Å²) < 4.78 is 14.1. The largest absolute Gasteiger partial charge is 0.370 e. The lowest BCUT2D eigenvalue weighted by molar-refractivity contribution is 0.100. The zero-order valence-electron chi connectivity index (χ0n) is 13.7. The molecule has 6 nitrogen and oxygen atoms in total. The fourth-order valence-electron chi connectivity index (χ4n) is 2.21. The van der Waals surface area contributed by atoms with Gasteiger partial charge < -0.3 is 11.5 Å². The first-order valence-corrected chi connectivity index (χ1v) is 7.77. The van der Waals surface area contributed by atoms with Crippen LogP contribution in [0.3, 0.4) is 0 Å². The Morgan fingerprint density at radius 1 is 1.36 bits per heavy atom. The van der Waals surface area contributed by atoms with E-state index < -0.39 is 11.7 Å². The van der Waals surface area contributed by atoms with Crippen LogP contribution in [0.1, 0.15) is 29.9 Å². The average Bonchev–Trinajstić information content (AvgIpc) is 2.53. The van der Waals surface area contributed by atoms with Crippen molar-refractivity contribution < 1.29 is 9.18 Å². The molecule has 0 atom stereocenters. The van der Waals surface area contributed by atoms with E-state index in [9.17, 15) is 9.18 Å². The molecule has 1 aromatic carbocycles. The Morgan fingerprint density at radius 3 is 2.64 bits per heavy atom. The molecule has 2 aromatic rings. The third-order valence-corrected chi connectivity index (χ3v) is 3.59. The van der Waals surface area contributed by atoms with Gasteiger partial charge in [0.2, 0.25) is 0 Å². The second kappa shape index (κ2) is 7.40. The van der Waals surface area contributed by atoms with Crippen molar-refractivity contribution >= 4 is 40.0 Å². The number of benzene rings is 1. The van der Waals surface area contributed by atoms with Crippen molar-refractivity contribution in [3.8, 4) is 0 Å². The molecule has 0 spiro atoms. The summed E-state index contributed by atoms with van der Waals surface area (Å²) in [5.74, 6) is -1.50. The van der Waals surface area contributed by atoms with Crippen LogP contribution in [0.15, 0.2) is 40.5 Å². The molecule has 130 valence electrons. The number of aromatic nitrogens is 1. The number of guanidine groups is 1. The lowest BCUT2D eigenvalue weighted by Crippen LogP contribution is -2.24. The second-order valence-corrected chi connectivity index (χ2v) is 6.10. The number of carbonyl (C=O) groups excluding carboxylic acids is 1. The minimum absolute atomic E-state index is 0.0631. The normalized spacial score (nSPS) is 11.6. The van der Waals surface area contributed by atoms with Crippen molar-refractivity contribution in [2.45, 2.75) is 13.8 Å². The number of rotatable bonds is 4. The number of carbonyl (C=O) groups is 1. The molecule has 1 amide bonds. The third-order valence-electron chi connectivity index (χ3n) is 3.27. The van der Waals surface area contributed by atoms with Gasteiger partial charge in [-0.05, 0) is 18.1 Å². The summed E-state index contributed by atoms with van der Waals surface area (Å²) in [5, 5.41) is 8.91. The Hall–Kier alpha value is -2.80. The van der Waals surface area contributed by atoms with Gasteiger partial charge in [-0.1, -0.05) is 37.6 Å². The van der Waals surface area contributed by atoms with Crippen molar-refractivity contribution in [2.75, 3.05) is 0 Å². The molecule has 2 rings (SSSR count). The summed E-state index contributed by atoms with van der Waals surface area (Å²) in [6, 6.07) is 4.21. The van der Waals surface area contributed by atoms with Gasteiger partial charge in [0.05, 0.1) is 22.6 Å². The highest BCUT2D eigenvalue weighted by Crippen LogP contribution is 2.25. The molecule has 0 aliphatic heterocycles. The number of amides is 1. The first-order chi connectivity index (χ1) is 11.7. The van der Waals surface area contributed by atoms with Crippen molar-refractivity contribution in [1.29, 1.82) is 5.41 Å². The molecule has 0 unspecified atom stereocenters. The number of hydrogen-bond acceptors (Lipinski definition) is 3. The number of pyridine rings is 1. The van der Waals surface area contributed by atoms with Crippen LogP contribution in [0, 0.1) is 17.1 Å². The van der Waals surface area contributed by atoms with Crippen molar-refractivity contribution in [1.82, 2.24) is 4.98 Å². The first kappa shape index (κ1) is 18.5. The van der Waals surface area contributed by atoms with Crippen molar-refractivity contribution in [2.24, 2.45) is 22.4 Å². The molecule has 0 aliphatic rings. The van der Waals surface area contributed by atoms with Crippen LogP contribution in [-0.2, 0) is 0 Å². The van der Waals surface area contributed by atoms with Gasteiger partial charge in [-0.2, -0.15) is 4.99 Å². The van der Waals surface area contributed by atoms with Crippen LogP contribution in [0.5, 0.6) is 0 Å². The zero-order chi connectivity index (χ0) is 18.7. The number of nitrogens with two attached hydrogens (primary N) is 2. The van der Waals surface area contributed by atoms with E-state index in [0.29, 0.717) is 0 Å². The Labute approximate surface area is 148 Å². The van der Waals surface area contributed by atoms with Gasteiger partial charge in [-0.25, -0.2) is 4.39 Å².